The van der Waals surface area contributed by atoms with E-state index in [0.29, 0.717) is 25.0 Å². The average molecular weight is 332 g/mol. The van der Waals surface area contributed by atoms with Crippen LogP contribution in [0, 0.1) is 5.92 Å². The van der Waals surface area contributed by atoms with Crippen LogP contribution >= 0.6 is 11.8 Å². The Hall–Kier alpha value is -0.570. The molecule has 0 bridgehead atoms. The van der Waals surface area contributed by atoms with E-state index in [1.807, 2.05) is 11.8 Å². The van der Waals surface area contributed by atoms with Crippen molar-refractivity contribution in [2.45, 2.75) is 37.8 Å². The summed E-state index contributed by atoms with van der Waals surface area (Å²) in [5.74, 6) is 2.63. The fourth-order valence-electron chi connectivity index (χ4n) is 2.13. The highest BCUT2D eigenvalue weighted by Crippen LogP contribution is 2.23. The summed E-state index contributed by atoms with van der Waals surface area (Å²) in [6.07, 6.45) is 4.10. The van der Waals surface area contributed by atoms with Crippen molar-refractivity contribution in [3.8, 4) is 0 Å². The van der Waals surface area contributed by atoms with Crippen molar-refractivity contribution in [3.05, 3.63) is 12.4 Å². The summed E-state index contributed by atoms with van der Waals surface area (Å²) in [4.78, 5) is 0.248. The summed E-state index contributed by atoms with van der Waals surface area (Å²) in [5, 5.41) is 7.39. The number of thioether (sulfide) groups is 1. The first-order chi connectivity index (χ1) is 9.97. The molecular weight excluding hydrogens is 308 g/mol. The van der Waals surface area contributed by atoms with Crippen LogP contribution in [0.25, 0.3) is 0 Å². The Morgan fingerprint density at radius 1 is 1.52 bits per heavy atom. The molecule has 2 N–H and O–H groups in total. The molecule has 1 fully saturated rings. The van der Waals surface area contributed by atoms with Crippen molar-refractivity contribution < 1.29 is 8.42 Å². The molecule has 0 amide bonds. The van der Waals surface area contributed by atoms with Gasteiger partial charge in [0.25, 0.3) is 0 Å². The molecule has 120 valence electrons. The maximum Gasteiger partial charge on any atom is 0.243 e. The third kappa shape index (κ3) is 5.28. The standard InChI is InChI=1S/C13H24N4O2S2/c1-11(2)14-4-5-17-9-13(8-15-17)21(18,19)16-7-12-3-6-20-10-12/h8-9,11-12,14,16H,3-7,10H2,1-2H3. The van der Waals surface area contributed by atoms with E-state index >= 15 is 0 Å². The Balaban J connectivity index is 1.86. The van der Waals surface area contributed by atoms with E-state index in [9.17, 15) is 8.42 Å². The molecule has 0 aromatic carbocycles. The number of nitrogens with zero attached hydrogens (tertiary/aromatic N) is 2. The second-order valence-electron chi connectivity index (χ2n) is 5.63. The van der Waals surface area contributed by atoms with Gasteiger partial charge in [0, 0.05) is 25.3 Å². The average Bonchev–Trinajstić information content (AvgIpc) is 3.07. The van der Waals surface area contributed by atoms with E-state index in [0.717, 1.165) is 24.5 Å². The monoisotopic (exact) mass is 332 g/mol. The molecule has 0 saturated carbocycles. The summed E-state index contributed by atoms with van der Waals surface area (Å²) in [6.45, 7) is 6.10. The van der Waals surface area contributed by atoms with Crippen LogP contribution in [0.5, 0.6) is 0 Å². The van der Waals surface area contributed by atoms with Crippen LogP contribution < -0.4 is 10.0 Å². The van der Waals surface area contributed by atoms with Crippen LogP contribution in [0.4, 0.5) is 0 Å². The van der Waals surface area contributed by atoms with Gasteiger partial charge in [-0.25, -0.2) is 13.1 Å². The molecule has 1 atom stereocenters. The van der Waals surface area contributed by atoms with Crippen LogP contribution in [0.2, 0.25) is 0 Å². The van der Waals surface area contributed by atoms with Crippen LogP contribution in [0.1, 0.15) is 20.3 Å². The van der Waals surface area contributed by atoms with Crippen LogP contribution in [0.15, 0.2) is 17.3 Å². The summed E-state index contributed by atoms with van der Waals surface area (Å²) >= 11 is 1.89. The van der Waals surface area contributed by atoms with E-state index in [1.165, 1.54) is 6.20 Å². The molecule has 1 aliphatic heterocycles. The highest BCUT2D eigenvalue weighted by Gasteiger charge is 2.21. The molecule has 1 aliphatic rings. The first-order valence-electron chi connectivity index (χ1n) is 7.30. The van der Waals surface area contributed by atoms with E-state index in [4.69, 9.17) is 0 Å². The summed E-state index contributed by atoms with van der Waals surface area (Å²) < 4.78 is 28.8. The van der Waals surface area contributed by atoms with Crippen molar-refractivity contribution in [3.63, 3.8) is 0 Å². The fourth-order valence-corrected chi connectivity index (χ4v) is 4.48. The van der Waals surface area contributed by atoms with Crippen LogP contribution in [-0.2, 0) is 16.6 Å². The van der Waals surface area contributed by atoms with Crippen molar-refractivity contribution in [2.75, 3.05) is 24.6 Å². The predicted molar refractivity (Wildman–Crippen MR) is 86.0 cm³/mol. The molecule has 1 unspecified atom stereocenters. The Kier molecular flexibility index (Phi) is 6.09. The first-order valence-corrected chi connectivity index (χ1v) is 9.94. The van der Waals surface area contributed by atoms with Gasteiger partial charge in [-0.3, -0.25) is 4.68 Å². The molecule has 1 aromatic heterocycles. The summed E-state index contributed by atoms with van der Waals surface area (Å²) in [7, 11) is -3.43. The lowest BCUT2D eigenvalue weighted by Gasteiger charge is -2.09. The van der Waals surface area contributed by atoms with Gasteiger partial charge in [0.15, 0.2) is 0 Å². The number of hydrogen-bond donors (Lipinski definition) is 2. The zero-order chi connectivity index (χ0) is 15.3. The normalized spacial score (nSPS) is 19.5. The molecule has 6 nitrogen and oxygen atoms in total. The van der Waals surface area contributed by atoms with Crippen molar-refractivity contribution >= 4 is 21.8 Å². The molecule has 0 spiro atoms. The van der Waals surface area contributed by atoms with Gasteiger partial charge in [0.2, 0.25) is 10.0 Å². The van der Waals surface area contributed by atoms with Gasteiger partial charge in [0.05, 0.1) is 12.7 Å². The van der Waals surface area contributed by atoms with Gasteiger partial charge in [-0.1, -0.05) is 13.8 Å². The van der Waals surface area contributed by atoms with Gasteiger partial charge in [-0.05, 0) is 23.8 Å². The second kappa shape index (κ2) is 7.62. The Labute approximate surface area is 131 Å². The van der Waals surface area contributed by atoms with Crippen LogP contribution in [0.3, 0.4) is 0 Å². The number of hydrogen-bond acceptors (Lipinski definition) is 5. The van der Waals surface area contributed by atoms with E-state index in [1.54, 1.807) is 10.9 Å². The number of aromatic nitrogens is 2. The molecular formula is C13H24N4O2S2. The summed E-state index contributed by atoms with van der Waals surface area (Å²) in [6, 6.07) is 0.412. The first kappa shape index (κ1) is 16.8. The highest BCUT2D eigenvalue weighted by molar-refractivity contribution is 7.99. The van der Waals surface area contributed by atoms with Gasteiger partial charge < -0.3 is 5.32 Å². The van der Waals surface area contributed by atoms with Gasteiger partial charge in [-0.15, -0.1) is 0 Å². The van der Waals surface area contributed by atoms with Crippen molar-refractivity contribution in [1.82, 2.24) is 19.8 Å². The topological polar surface area (TPSA) is 76.0 Å². The fraction of sp³-hybridized carbons (Fsp3) is 0.769. The maximum atomic E-state index is 12.2. The second-order valence-corrected chi connectivity index (χ2v) is 8.55. The third-order valence-corrected chi connectivity index (χ3v) is 6.01. The third-order valence-electron chi connectivity index (χ3n) is 3.40. The lowest BCUT2D eigenvalue weighted by Crippen LogP contribution is -2.29. The maximum absolute atomic E-state index is 12.2. The molecule has 0 radical (unpaired) electrons. The van der Waals surface area contributed by atoms with Crippen molar-refractivity contribution in [1.29, 1.82) is 0 Å². The molecule has 8 heteroatoms. The highest BCUT2D eigenvalue weighted by atomic mass is 32.2. The van der Waals surface area contributed by atoms with Crippen LogP contribution in [-0.4, -0.2) is 48.8 Å². The summed E-state index contributed by atoms with van der Waals surface area (Å²) in [5.41, 5.74) is 0. The lowest BCUT2D eigenvalue weighted by atomic mass is 10.1. The van der Waals surface area contributed by atoms with Gasteiger partial charge in [-0.2, -0.15) is 16.9 Å². The molecule has 0 aliphatic carbocycles. The Morgan fingerprint density at radius 3 is 3.00 bits per heavy atom. The van der Waals surface area contributed by atoms with Gasteiger partial charge in [0.1, 0.15) is 4.90 Å². The molecule has 2 rings (SSSR count). The smallest absolute Gasteiger partial charge is 0.243 e. The quantitative estimate of drug-likeness (QED) is 0.740. The molecule has 1 saturated heterocycles. The molecule has 21 heavy (non-hydrogen) atoms. The molecule has 2 heterocycles. The molecule has 1 aromatic rings. The Bertz CT molecular complexity index is 536. The SMILES string of the molecule is CC(C)NCCn1cc(S(=O)(=O)NCC2CCSC2)cn1. The Morgan fingerprint density at radius 2 is 2.33 bits per heavy atom. The van der Waals surface area contributed by atoms with E-state index < -0.39 is 10.0 Å². The van der Waals surface area contributed by atoms with E-state index in [-0.39, 0.29) is 4.90 Å². The zero-order valence-corrected chi connectivity index (χ0v) is 14.2. The minimum Gasteiger partial charge on any atom is -0.313 e. The lowest BCUT2D eigenvalue weighted by molar-refractivity contribution is 0.514. The van der Waals surface area contributed by atoms with E-state index in [2.05, 4.69) is 29.0 Å². The number of rotatable bonds is 8. The predicted octanol–water partition coefficient (Wildman–Crippen LogP) is 0.913. The largest absolute Gasteiger partial charge is 0.313 e. The van der Waals surface area contributed by atoms with Crippen molar-refractivity contribution in [2.24, 2.45) is 5.92 Å². The van der Waals surface area contributed by atoms with Gasteiger partial charge >= 0.3 is 0 Å². The number of nitrogens with one attached hydrogen (secondary N) is 2. The zero-order valence-electron chi connectivity index (χ0n) is 12.6. The number of sulfonamides is 1. The minimum atomic E-state index is -3.43. The minimum absolute atomic E-state index is 0.248.